The molecule has 0 spiro atoms. The summed E-state index contributed by atoms with van der Waals surface area (Å²) in [5.41, 5.74) is 1.16. The topological polar surface area (TPSA) is 61.4 Å². The Balaban J connectivity index is 1.62. The third kappa shape index (κ3) is 3.12. The molecule has 1 saturated carbocycles. The van der Waals surface area contributed by atoms with Gasteiger partial charge in [-0.3, -0.25) is 4.79 Å². The summed E-state index contributed by atoms with van der Waals surface area (Å²) < 4.78 is 0. The van der Waals surface area contributed by atoms with Gasteiger partial charge >= 0.3 is 6.03 Å². The van der Waals surface area contributed by atoms with Gasteiger partial charge in [0.25, 0.3) is 0 Å². The number of urea groups is 1. The first-order valence-corrected chi connectivity index (χ1v) is 9.00. The predicted octanol–water partition coefficient (Wildman–Crippen LogP) is 2.62. The summed E-state index contributed by atoms with van der Waals surface area (Å²) in [5, 5.41) is 5.77. The van der Waals surface area contributed by atoms with Crippen LogP contribution in [0, 0.1) is 5.92 Å². The number of hydrogen-bond donors (Lipinski definition) is 2. The summed E-state index contributed by atoms with van der Waals surface area (Å²) in [6, 6.07) is 10.5. The molecule has 2 aliphatic rings. The van der Waals surface area contributed by atoms with Crippen LogP contribution in [0.15, 0.2) is 30.3 Å². The maximum Gasteiger partial charge on any atom is 0.318 e. The van der Waals surface area contributed by atoms with Crippen molar-refractivity contribution in [1.82, 2.24) is 15.5 Å². The second-order valence-corrected chi connectivity index (χ2v) is 6.91. The number of likely N-dealkylation sites (tertiary alicyclic amines) is 1. The number of hydrogen-bond acceptors (Lipinski definition) is 2. The van der Waals surface area contributed by atoms with Crippen LogP contribution in [-0.2, 0) is 10.3 Å². The lowest BCUT2D eigenvalue weighted by Gasteiger charge is -2.61. The highest BCUT2D eigenvalue weighted by molar-refractivity contribution is 5.77. The van der Waals surface area contributed by atoms with Gasteiger partial charge < -0.3 is 15.5 Å². The van der Waals surface area contributed by atoms with Gasteiger partial charge in [0.1, 0.15) is 0 Å². The number of nitrogens with one attached hydrogen (secondary N) is 2. The van der Waals surface area contributed by atoms with Gasteiger partial charge in [-0.05, 0) is 24.8 Å². The zero-order valence-electron chi connectivity index (χ0n) is 14.4. The minimum Gasteiger partial charge on any atom is -0.356 e. The van der Waals surface area contributed by atoms with E-state index in [0.717, 1.165) is 19.4 Å². The van der Waals surface area contributed by atoms with Crippen molar-refractivity contribution in [3.8, 4) is 0 Å². The maximum atomic E-state index is 12.7. The van der Waals surface area contributed by atoms with Gasteiger partial charge in [0.15, 0.2) is 0 Å². The molecule has 0 radical (unpaired) electrons. The van der Waals surface area contributed by atoms with E-state index in [2.05, 4.69) is 34.9 Å². The minimum atomic E-state index is -0.110. The van der Waals surface area contributed by atoms with Gasteiger partial charge in [0.05, 0.1) is 5.54 Å². The third-order valence-corrected chi connectivity index (χ3v) is 5.44. The summed E-state index contributed by atoms with van der Waals surface area (Å²) in [5.74, 6) is 0.552. The highest BCUT2D eigenvalue weighted by atomic mass is 16.2. The number of fused-ring (bicyclic) bond motifs is 1. The number of benzene rings is 1. The van der Waals surface area contributed by atoms with Gasteiger partial charge in [-0.1, -0.05) is 43.2 Å². The number of carbonyl (C=O) groups is 2. The highest BCUT2D eigenvalue weighted by Gasteiger charge is 2.56. The van der Waals surface area contributed by atoms with Crippen LogP contribution in [0.3, 0.4) is 0 Å². The Bertz CT molecular complexity index is 590. The number of amides is 3. The molecule has 0 aromatic heterocycles. The second-order valence-electron chi connectivity index (χ2n) is 6.91. The molecule has 5 nitrogen and oxygen atoms in total. The van der Waals surface area contributed by atoms with E-state index in [-0.39, 0.29) is 17.5 Å². The van der Waals surface area contributed by atoms with E-state index in [1.54, 1.807) is 0 Å². The van der Waals surface area contributed by atoms with E-state index in [1.165, 1.54) is 31.7 Å². The van der Waals surface area contributed by atoms with Crippen LogP contribution in [0.25, 0.3) is 0 Å². The van der Waals surface area contributed by atoms with Crippen LogP contribution < -0.4 is 10.6 Å². The molecule has 3 amide bonds. The zero-order valence-corrected chi connectivity index (χ0v) is 14.4. The molecule has 2 fully saturated rings. The lowest BCUT2D eigenvalue weighted by molar-refractivity contribution is -0.118. The third-order valence-electron chi connectivity index (χ3n) is 5.44. The molecule has 2 atom stereocenters. The Morgan fingerprint density at radius 3 is 2.62 bits per heavy atom. The Labute approximate surface area is 143 Å². The van der Waals surface area contributed by atoms with Crippen molar-refractivity contribution in [2.45, 2.75) is 44.6 Å². The van der Waals surface area contributed by atoms with Gasteiger partial charge in [-0.25, -0.2) is 4.79 Å². The molecule has 3 rings (SSSR count). The smallest absolute Gasteiger partial charge is 0.318 e. The van der Waals surface area contributed by atoms with Crippen LogP contribution in [0.1, 0.15) is 44.6 Å². The Morgan fingerprint density at radius 1 is 1.17 bits per heavy atom. The predicted molar refractivity (Wildman–Crippen MR) is 93.5 cm³/mol. The summed E-state index contributed by atoms with van der Waals surface area (Å²) in [4.78, 5) is 25.6. The molecule has 1 heterocycles. The molecule has 1 aliphatic carbocycles. The summed E-state index contributed by atoms with van der Waals surface area (Å²) >= 11 is 0. The summed E-state index contributed by atoms with van der Waals surface area (Å²) in [6.45, 7) is 3.55. The van der Waals surface area contributed by atoms with Gasteiger partial charge in [0.2, 0.25) is 5.91 Å². The summed E-state index contributed by atoms with van der Waals surface area (Å²) in [7, 11) is 0. The SMILES string of the molecule is CC(=O)NCCCNC(=O)N1C[C@@H]2CCCC[C@@]21c1ccccc1. The molecule has 1 aliphatic heterocycles. The minimum absolute atomic E-state index is 0.0276. The molecule has 130 valence electrons. The van der Waals surface area contributed by atoms with Gasteiger partial charge in [-0.2, -0.15) is 0 Å². The van der Waals surface area contributed by atoms with E-state index in [9.17, 15) is 9.59 Å². The molecule has 5 heteroatoms. The Hall–Kier alpha value is -2.04. The highest BCUT2D eigenvalue weighted by Crippen LogP contribution is 2.53. The lowest BCUT2D eigenvalue weighted by atomic mass is 9.62. The molecule has 0 bridgehead atoms. The number of rotatable bonds is 5. The van der Waals surface area contributed by atoms with Gasteiger partial charge in [0, 0.05) is 32.5 Å². The van der Waals surface area contributed by atoms with E-state index in [1.807, 2.05) is 11.0 Å². The van der Waals surface area contributed by atoms with Crippen LogP contribution in [0.5, 0.6) is 0 Å². The zero-order chi connectivity index (χ0) is 17.0. The molecule has 0 unspecified atom stereocenters. The van der Waals surface area contributed by atoms with Crippen LogP contribution in [0.4, 0.5) is 4.79 Å². The molecule has 1 aromatic carbocycles. The van der Waals surface area contributed by atoms with E-state index >= 15 is 0 Å². The quantitative estimate of drug-likeness (QED) is 0.816. The number of carbonyl (C=O) groups excluding carboxylic acids is 2. The fourth-order valence-electron chi connectivity index (χ4n) is 4.27. The van der Waals surface area contributed by atoms with Crippen molar-refractivity contribution in [3.63, 3.8) is 0 Å². The molecule has 1 aromatic rings. The van der Waals surface area contributed by atoms with E-state index in [4.69, 9.17) is 0 Å². The van der Waals surface area contributed by atoms with Crippen molar-refractivity contribution in [1.29, 1.82) is 0 Å². The maximum absolute atomic E-state index is 12.7. The van der Waals surface area contributed by atoms with Gasteiger partial charge in [-0.15, -0.1) is 0 Å². The molecular weight excluding hydrogens is 302 g/mol. The Morgan fingerprint density at radius 2 is 1.92 bits per heavy atom. The van der Waals surface area contributed by atoms with Crippen molar-refractivity contribution in [3.05, 3.63) is 35.9 Å². The summed E-state index contributed by atoms with van der Waals surface area (Å²) in [6.07, 6.45) is 5.46. The average Bonchev–Trinajstić information content (AvgIpc) is 2.56. The normalized spacial score (nSPS) is 25.4. The standard InChI is InChI=1S/C19H27N3O2/c1-15(23)20-12-7-13-21-18(24)22-14-17-10-5-6-11-19(17,22)16-8-3-2-4-9-16/h2-4,8-9,17H,5-7,10-14H2,1H3,(H,20,23)(H,21,24)/t17-,19+/m0/s1. The average molecular weight is 329 g/mol. The van der Waals surface area contributed by atoms with E-state index in [0.29, 0.717) is 19.0 Å². The largest absolute Gasteiger partial charge is 0.356 e. The molecular formula is C19H27N3O2. The van der Waals surface area contributed by atoms with Crippen molar-refractivity contribution in [2.75, 3.05) is 19.6 Å². The fourth-order valence-corrected chi connectivity index (χ4v) is 4.27. The first kappa shape index (κ1) is 16.8. The van der Waals surface area contributed by atoms with Crippen LogP contribution in [0.2, 0.25) is 0 Å². The van der Waals surface area contributed by atoms with Crippen LogP contribution >= 0.6 is 0 Å². The molecule has 1 saturated heterocycles. The van der Waals surface area contributed by atoms with E-state index < -0.39 is 0 Å². The number of nitrogens with zero attached hydrogens (tertiary/aromatic N) is 1. The van der Waals surface area contributed by atoms with Crippen molar-refractivity contribution >= 4 is 11.9 Å². The lowest BCUT2D eigenvalue weighted by Crippen LogP contribution is -2.69. The second kappa shape index (κ2) is 7.24. The van der Waals surface area contributed by atoms with Crippen molar-refractivity contribution in [2.24, 2.45) is 5.92 Å². The monoisotopic (exact) mass is 329 g/mol. The molecule has 24 heavy (non-hydrogen) atoms. The first-order valence-electron chi connectivity index (χ1n) is 9.00. The van der Waals surface area contributed by atoms with Crippen LogP contribution in [-0.4, -0.2) is 36.5 Å². The Kier molecular flexibility index (Phi) is 5.07. The van der Waals surface area contributed by atoms with Crippen molar-refractivity contribution < 1.29 is 9.59 Å². The first-order chi connectivity index (χ1) is 11.6. The fraction of sp³-hybridized carbons (Fsp3) is 0.579. The molecule has 2 N–H and O–H groups in total.